The van der Waals surface area contributed by atoms with E-state index in [0.717, 1.165) is 0 Å². The predicted molar refractivity (Wildman–Crippen MR) is 378 cm³/mol. The molecule has 25 nitrogen and oxygen atoms in total. The quantitative estimate of drug-likeness (QED) is 0.0149. The van der Waals surface area contributed by atoms with Crippen LogP contribution in [0.25, 0.3) is 0 Å². The standard InChI is InChI=1S/C82H77N3O22/c1-2-83-70(87)61(85-107-80-64-67(100-74(91)55-37-17-6-18-38-55)68(101-75(92)56-39-19-7-20-40-56)69(102-76(93)57-41-21-8-22-42-57)82(64,106-80)104-78(95)59-45-25-10-26-46-59)47-27-29-49-84-62(86)48-28-30-50-96-79-63-66(99-73(90)54-35-15-5-16-36-54)65(98-72(89)53-33-13-4-14-34-53)60(51-97-71(88)52-31-11-3-12-32-52)81(63,105-79)103-77(94)58-43-23-9-24-44-58/h3-26,31-46,60-61,63-69,79-80,85H,2,27-30,47-51H2,1H3,(H,83,87)(H,84,86)/t60?,61-,63?,64?,65?,66?,67?,68?,69?,79?,80?,81?,82?/m0/s1. The maximum atomic E-state index is 14.3. The van der Waals surface area contributed by atoms with Crippen LogP contribution in [0.1, 0.15) is 128 Å². The molecule has 4 aliphatic rings. The van der Waals surface area contributed by atoms with Gasteiger partial charge in [0.2, 0.25) is 23.7 Å². The zero-order chi connectivity index (χ0) is 74.7. The second-order valence-electron chi connectivity index (χ2n) is 25.5. The molecule has 2 aliphatic carbocycles. The Balaban J connectivity index is 0.705. The molecule has 2 aliphatic heterocycles. The van der Waals surface area contributed by atoms with Crippen LogP contribution in [0, 0.1) is 17.8 Å². The van der Waals surface area contributed by atoms with Crippen molar-refractivity contribution in [2.75, 3.05) is 26.3 Å². The van der Waals surface area contributed by atoms with Crippen molar-refractivity contribution in [3.05, 3.63) is 287 Å². The Bertz CT molecular complexity index is 4380. The second-order valence-corrected chi connectivity index (χ2v) is 25.5. The zero-order valence-electron chi connectivity index (χ0n) is 58.0. The number of carbonyl (C=O) groups excluding carboxylic acids is 10. The fraction of sp³-hybridized carbons (Fsp3) is 0.293. The maximum Gasteiger partial charge on any atom is 0.340 e. The van der Waals surface area contributed by atoms with Crippen molar-refractivity contribution in [3.63, 3.8) is 0 Å². The summed E-state index contributed by atoms with van der Waals surface area (Å²) in [6, 6.07) is 62.7. The molecular formula is C82H77N3O22. The van der Waals surface area contributed by atoms with Crippen LogP contribution in [0.2, 0.25) is 0 Å². The number of amides is 2. The van der Waals surface area contributed by atoms with Gasteiger partial charge in [0.25, 0.3) is 5.79 Å². The summed E-state index contributed by atoms with van der Waals surface area (Å²) in [6.45, 7) is 1.58. The van der Waals surface area contributed by atoms with E-state index in [9.17, 15) is 47.9 Å². The van der Waals surface area contributed by atoms with E-state index in [1.54, 1.807) is 165 Å². The molecule has 2 amide bonds. The van der Waals surface area contributed by atoms with Crippen LogP contribution in [0.3, 0.4) is 0 Å². The number of hydrogen-bond donors (Lipinski definition) is 3. The summed E-state index contributed by atoms with van der Waals surface area (Å²) in [6.07, 6.45) is -9.38. The minimum Gasteiger partial charge on any atom is -0.461 e. The molecule has 3 N–H and O–H groups in total. The molecular weight excluding hydrogens is 1380 g/mol. The zero-order valence-corrected chi connectivity index (χ0v) is 58.0. The van der Waals surface area contributed by atoms with Gasteiger partial charge in [0.15, 0.2) is 37.0 Å². The number of nitrogens with one attached hydrogen (secondary N) is 3. The highest BCUT2D eigenvalue weighted by Gasteiger charge is 2.80. The Morgan fingerprint density at radius 3 is 1.21 bits per heavy atom. The van der Waals surface area contributed by atoms with Gasteiger partial charge < -0.3 is 62.7 Å². The lowest BCUT2D eigenvalue weighted by atomic mass is 9.88. The third-order valence-electron chi connectivity index (χ3n) is 18.6. The van der Waals surface area contributed by atoms with Gasteiger partial charge in [-0.25, -0.2) is 38.4 Å². The summed E-state index contributed by atoms with van der Waals surface area (Å²) in [5.41, 5.74) is 3.73. The fourth-order valence-electron chi connectivity index (χ4n) is 13.3. The monoisotopic (exact) mass is 1460 g/mol. The Morgan fingerprint density at radius 2 is 0.766 bits per heavy atom. The second kappa shape index (κ2) is 35.4. The third-order valence-corrected chi connectivity index (χ3v) is 18.6. The first-order chi connectivity index (χ1) is 52.1. The van der Waals surface area contributed by atoms with Gasteiger partial charge in [-0.2, -0.15) is 5.48 Å². The average molecular weight is 1460 g/mol. The summed E-state index contributed by atoms with van der Waals surface area (Å²) in [4.78, 5) is 146. The lowest BCUT2D eigenvalue weighted by Crippen LogP contribution is -2.68. The van der Waals surface area contributed by atoms with Crippen molar-refractivity contribution in [1.29, 1.82) is 0 Å². The van der Waals surface area contributed by atoms with Crippen molar-refractivity contribution in [2.45, 2.75) is 106 Å². The molecule has 0 aromatic heterocycles. The first kappa shape index (κ1) is 75.0. The topological polar surface area (TPSA) is 318 Å². The highest BCUT2D eigenvalue weighted by molar-refractivity contribution is 5.94. The molecule has 8 aromatic rings. The molecule has 12 rings (SSSR count). The third kappa shape index (κ3) is 17.6. The molecule has 4 fully saturated rings. The fourth-order valence-corrected chi connectivity index (χ4v) is 13.3. The van der Waals surface area contributed by atoms with E-state index in [1.807, 2.05) is 0 Å². The molecule has 8 aromatic carbocycles. The van der Waals surface area contributed by atoms with Crippen LogP contribution in [0.15, 0.2) is 243 Å². The van der Waals surface area contributed by atoms with Gasteiger partial charge in [-0.05, 0) is 136 Å². The minimum absolute atomic E-state index is 0.0224. The molecule has 2 saturated carbocycles. The largest absolute Gasteiger partial charge is 0.461 e. The normalized spacial score (nSPS) is 23.1. The van der Waals surface area contributed by atoms with E-state index in [1.165, 1.54) is 84.9 Å². The average Bonchev–Trinajstić information content (AvgIpc) is 1.54. The van der Waals surface area contributed by atoms with Crippen molar-refractivity contribution in [3.8, 4) is 0 Å². The number of likely N-dealkylation sites (N-methyl/N-ethyl adjacent to an activating group) is 1. The SMILES string of the molecule is CCNC(=O)[C@H](CCCCNC(=O)CCCCOC1OC2(OC(=O)c3ccccc3)C(COC(=O)c3ccccc3)C(OC(=O)c3ccccc3)C(OC(=O)c3ccccc3)C12)NOC1OC2(OC(=O)c3ccccc3)C(OC(=O)c3ccccc3)C(OC(=O)c3ccccc3)C(OC(=O)c3ccccc3)C12. The van der Waals surface area contributed by atoms with Crippen LogP contribution < -0.4 is 16.1 Å². The van der Waals surface area contributed by atoms with Gasteiger partial charge in [-0.1, -0.05) is 146 Å². The highest BCUT2D eigenvalue weighted by Crippen LogP contribution is 2.59. The molecule has 13 atom stereocenters. The number of rotatable bonds is 33. The van der Waals surface area contributed by atoms with Gasteiger partial charge in [0, 0.05) is 26.1 Å². The van der Waals surface area contributed by atoms with Crippen LogP contribution >= 0.6 is 0 Å². The molecule has 2 saturated heterocycles. The number of ether oxygens (including phenoxy) is 11. The molecule has 25 heteroatoms. The number of hydrogen-bond acceptors (Lipinski definition) is 23. The molecule has 12 unspecified atom stereocenters. The number of esters is 8. The van der Waals surface area contributed by atoms with Crippen LogP contribution in [-0.4, -0.2) is 147 Å². The van der Waals surface area contributed by atoms with Crippen molar-refractivity contribution >= 4 is 59.6 Å². The van der Waals surface area contributed by atoms with E-state index in [2.05, 4.69) is 16.1 Å². The number of benzene rings is 8. The van der Waals surface area contributed by atoms with E-state index >= 15 is 0 Å². The first-order valence-corrected chi connectivity index (χ1v) is 35.2. The summed E-state index contributed by atoms with van der Waals surface area (Å²) >= 11 is 0. The number of hydroxylamine groups is 1. The Kier molecular flexibility index (Phi) is 24.8. The molecule has 552 valence electrons. The van der Waals surface area contributed by atoms with Gasteiger partial charge in [-0.15, -0.1) is 0 Å². The molecule has 0 spiro atoms. The van der Waals surface area contributed by atoms with Gasteiger partial charge in [-0.3, -0.25) is 14.4 Å². The summed E-state index contributed by atoms with van der Waals surface area (Å²) in [7, 11) is 0. The Labute approximate surface area is 615 Å². The van der Waals surface area contributed by atoms with E-state index in [0.29, 0.717) is 25.7 Å². The molecule has 0 bridgehead atoms. The van der Waals surface area contributed by atoms with Gasteiger partial charge in [0.05, 0.1) is 44.5 Å². The van der Waals surface area contributed by atoms with Crippen molar-refractivity contribution in [1.82, 2.24) is 16.1 Å². The van der Waals surface area contributed by atoms with Crippen molar-refractivity contribution < 1.29 is 105 Å². The number of fused-ring (bicyclic) bond motifs is 2. The number of carbonyl (C=O) groups is 10. The van der Waals surface area contributed by atoms with Crippen LogP contribution in [-0.2, 0) is 66.5 Å². The maximum absolute atomic E-state index is 14.3. The predicted octanol–water partition coefficient (Wildman–Crippen LogP) is 10.2. The number of unbranched alkanes of at least 4 members (excludes halogenated alkanes) is 2. The Hall–Kier alpha value is -11.7. The summed E-state index contributed by atoms with van der Waals surface area (Å²) in [5, 5.41) is 5.70. The van der Waals surface area contributed by atoms with Crippen LogP contribution in [0.4, 0.5) is 0 Å². The molecule has 2 heterocycles. The lowest BCUT2D eigenvalue weighted by Gasteiger charge is -2.51. The highest BCUT2D eigenvalue weighted by atomic mass is 16.9. The van der Waals surface area contributed by atoms with E-state index in [4.69, 9.17) is 56.9 Å². The van der Waals surface area contributed by atoms with Crippen LogP contribution in [0.5, 0.6) is 0 Å². The van der Waals surface area contributed by atoms with Gasteiger partial charge >= 0.3 is 47.8 Å². The minimum atomic E-state index is -2.38. The Morgan fingerprint density at radius 1 is 0.393 bits per heavy atom. The van der Waals surface area contributed by atoms with E-state index in [-0.39, 0.29) is 83.0 Å². The lowest BCUT2D eigenvalue weighted by molar-refractivity contribution is -0.446. The van der Waals surface area contributed by atoms with Crippen molar-refractivity contribution in [2.24, 2.45) is 17.8 Å². The molecule has 0 radical (unpaired) electrons. The summed E-state index contributed by atoms with van der Waals surface area (Å²) in [5.74, 6) is -16.1. The smallest absolute Gasteiger partial charge is 0.340 e. The first-order valence-electron chi connectivity index (χ1n) is 35.2. The van der Waals surface area contributed by atoms with Gasteiger partial charge in [0.1, 0.15) is 30.4 Å². The summed E-state index contributed by atoms with van der Waals surface area (Å²) < 4.78 is 69.0. The molecule has 107 heavy (non-hydrogen) atoms. The van der Waals surface area contributed by atoms with E-state index < -0.39 is 139 Å².